The highest BCUT2D eigenvalue weighted by molar-refractivity contribution is 7.09. The summed E-state index contributed by atoms with van der Waals surface area (Å²) in [5.74, 6) is -0.155. The number of benzene rings is 1. The summed E-state index contributed by atoms with van der Waals surface area (Å²) in [5.41, 5.74) is 1.05. The Labute approximate surface area is 128 Å². The van der Waals surface area contributed by atoms with E-state index >= 15 is 0 Å². The van der Waals surface area contributed by atoms with E-state index in [2.05, 4.69) is 20.3 Å². The van der Waals surface area contributed by atoms with Crippen molar-refractivity contribution in [3.8, 4) is 0 Å². The van der Waals surface area contributed by atoms with E-state index in [1.807, 2.05) is 0 Å². The number of fused-ring (bicyclic) bond motifs is 1. The van der Waals surface area contributed by atoms with Crippen LogP contribution in [0.4, 0.5) is 14.6 Å². The van der Waals surface area contributed by atoms with Crippen LogP contribution in [0.2, 0.25) is 0 Å². The van der Waals surface area contributed by atoms with Crippen LogP contribution in [-0.2, 0) is 13.2 Å². The minimum absolute atomic E-state index is 0.123. The molecule has 0 spiro atoms. The van der Waals surface area contributed by atoms with E-state index in [0.717, 1.165) is 5.01 Å². The molecular formula is C14H12F2N4OS. The number of hydrogen-bond acceptors (Lipinski definition) is 6. The number of rotatable bonds is 5. The van der Waals surface area contributed by atoms with E-state index in [1.54, 1.807) is 29.6 Å². The molecule has 0 radical (unpaired) electrons. The molecule has 2 N–H and O–H groups in total. The smallest absolute Gasteiger partial charge is 0.297 e. The van der Waals surface area contributed by atoms with Crippen LogP contribution in [0.15, 0.2) is 29.6 Å². The van der Waals surface area contributed by atoms with E-state index in [1.165, 1.54) is 11.3 Å². The molecule has 2 heterocycles. The number of anilines is 1. The summed E-state index contributed by atoms with van der Waals surface area (Å²) in [6.07, 6.45) is -2.73. The Kier molecular flexibility index (Phi) is 4.21. The van der Waals surface area contributed by atoms with Crippen LogP contribution in [-0.4, -0.2) is 20.1 Å². The highest BCUT2D eigenvalue weighted by atomic mass is 32.1. The average molecular weight is 322 g/mol. The molecule has 3 rings (SSSR count). The van der Waals surface area contributed by atoms with Gasteiger partial charge in [0.2, 0.25) is 0 Å². The van der Waals surface area contributed by atoms with Gasteiger partial charge in [0.1, 0.15) is 10.8 Å². The van der Waals surface area contributed by atoms with Gasteiger partial charge in [0, 0.05) is 10.8 Å². The first-order valence-electron chi connectivity index (χ1n) is 6.50. The third kappa shape index (κ3) is 3.02. The molecule has 0 bridgehead atoms. The number of aliphatic hydroxyl groups is 1. The molecule has 0 aliphatic heterocycles. The molecule has 0 aliphatic carbocycles. The van der Waals surface area contributed by atoms with Gasteiger partial charge in [-0.2, -0.15) is 0 Å². The SMILES string of the molecule is OCc1csc(CNc2nc(C(F)F)nc3ccccc23)n1. The number of para-hydroxylation sites is 1. The fourth-order valence-electron chi connectivity index (χ4n) is 1.99. The summed E-state index contributed by atoms with van der Waals surface area (Å²) in [5, 5.41) is 15.2. The standard InChI is InChI=1S/C14H12F2N4OS/c15-12(16)14-19-10-4-2-1-3-9(10)13(20-14)17-5-11-18-8(6-21)7-22-11/h1-4,7,12,21H,5-6H2,(H,17,19,20). The number of nitrogens with zero attached hydrogens (tertiary/aromatic N) is 3. The van der Waals surface area contributed by atoms with Crippen LogP contribution in [0.3, 0.4) is 0 Å². The first-order chi connectivity index (χ1) is 10.7. The second-order valence-corrected chi connectivity index (χ2v) is 5.44. The Hall–Kier alpha value is -2.19. The van der Waals surface area contributed by atoms with Crippen molar-refractivity contribution < 1.29 is 13.9 Å². The summed E-state index contributed by atoms with van der Waals surface area (Å²) in [4.78, 5) is 12.0. The molecule has 3 aromatic rings. The predicted molar refractivity (Wildman–Crippen MR) is 79.9 cm³/mol. The van der Waals surface area contributed by atoms with Gasteiger partial charge >= 0.3 is 0 Å². The number of hydrogen-bond donors (Lipinski definition) is 2. The number of aromatic nitrogens is 3. The normalized spacial score (nSPS) is 11.3. The van der Waals surface area contributed by atoms with Crippen LogP contribution in [0, 0.1) is 0 Å². The van der Waals surface area contributed by atoms with Crippen molar-refractivity contribution in [2.45, 2.75) is 19.6 Å². The van der Waals surface area contributed by atoms with Crippen LogP contribution in [0.5, 0.6) is 0 Å². The zero-order valence-electron chi connectivity index (χ0n) is 11.3. The summed E-state index contributed by atoms with van der Waals surface area (Å²) < 4.78 is 25.8. The molecule has 0 atom stereocenters. The van der Waals surface area contributed by atoms with Gasteiger partial charge in [-0.3, -0.25) is 0 Å². The number of aliphatic hydroxyl groups excluding tert-OH is 1. The van der Waals surface area contributed by atoms with Crippen LogP contribution in [0.25, 0.3) is 10.9 Å². The van der Waals surface area contributed by atoms with Gasteiger partial charge in [-0.25, -0.2) is 23.7 Å². The van der Waals surface area contributed by atoms with Crippen molar-refractivity contribution >= 4 is 28.1 Å². The molecule has 2 aromatic heterocycles. The molecule has 0 amide bonds. The predicted octanol–water partition coefficient (Wildman–Crippen LogP) is 3.13. The highest BCUT2D eigenvalue weighted by Gasteiger charge is 2.15. The summed E-state index contributed by atoms with van der Waals surface area (Å²) in [6.45, 7) is 0.219. The van der Waals surface area contributed by atoms with E-state index < -0.39 is 12.2 Å². The minimum atomic E-state index is -2.73. The van der Waals surface area contributed by atoms with Crippen LogP contribution < -0.4 is 5.32 Å². The quantitative estimate of drug-likeness (QED) is 0.755. The molecule has 0 fully saturated rings. The molecule has 5 nitrogen and oxygen atoms in total. The molecule has 1 aromatic carbocycles. The van der Waals surface area contributed by atoms with Gasteiger partial charge in [-0.15, -0.1) is 11.3 Å². The average Bonchev–Trinajstić information content (AvgIpc) is 3.00. The minimum Gasteiger partial charge on any atom is -0.390 e. The fourth-order valence-corrected chi connectivity index (χ4v) is 2.71. The molecule has 22 heavy (non-hydrogen) atoms. The van der Waals surface area contributed by atoms with Crippen molar-refractivity contribution in [1.29, 1.82) is 0 Å². The zero-order chi connectivity index (χ0) is 15.5. The first kappa shape index (κ1) is 14.7. The summed E-state index contributed by atoms with van der Waals surface area (Å²) in [7, 11) is 0. The maximum absolute atomic E-state index is 12.9. The van der Waals surface area contributed by atoms with E-state index in [0.29, 0.717) is 29.0 Å². The molecule has 0 aliphatic rings. The lowest BCUT2D eigenvalue weighted by molar-refractivity contribution is 0.141. The van der Waals surface area contributed by atoms with Crippen LogP contribution >= 0.6 is 11.3 Å². The largest absolute Gasteiger partial charge is 0.390 e. The fraction of sp³-hybridized carbons (Fsp3) is 0.214. The number of thiazole rings is 1. The Morgan fingerprint density at radius 2 is 2.00 bits per heavy atom. The lowest BCUT2D eigenvalue weighted by Gasteiger charge is -2.09. The van der Waals surface area contributed by atoms with Gasteiger partial charge in [-0.1, -0.05) is 12.1 Å². The number of halogens is 2. The lowest BCUT2D eigenvalue weighted by Crippen LogP contribution is -2.06. The van der Waals surface area contributed by atoms with Gasteiger partial charge in [-0.05, 0) is 12.1 Å². The third-order valence-electron chi connectivity index (χ3n) is 2.98. The van der Waals surface area contributed by atoms with Crippen molar-refractivity contribution in [2.75, 3.05) is 5.32 Å². The van der Waals surface area contributed by atoms with Gasteiger partial charge < -0.3 is 10.4 Å². The summed E-state index contributed by atoms with van der Waals surface area (Å²) >= 11 is 1.38. The second kappa shape index (κ2) is 6.29. The molecular weight excluding hydrogens is 310 g/mol. The van der Waals surface area contributed by atoms with E-state index in [9.17, 15) is 8.78 Å². The molecule has 8 heteroatoms. The molecule has 0 saturated carbocycles. The monoisotopic (exact) mass is 322 g/mol. The Balaban J connectivity index is 1.91. The third-order valence-corrected chi connectivity index (χ3v) is 3.88. The molecule has 114 valence electrons. The van der Waals surface area contributed by atoms with Crippen LogP contribution in [0.1, 0.15) is 23.0 Å². The lowest BCUT2D eigenvalue weighted by atomic mass is 10.2. The van der Waals surface area contributed by atoms with E-state index in [4.69, 9.17) is 5.11 Å². The maximum atomic E-state index is 12.9. The van der Waals surface area contributed by atoms with Gasteiger partial charge in [0.25, 0.3) is 6.43 Å². The number of alkyl halides is 2. The highest BCUT2D eigenvalue weighted by Crippen LogP contribution is 2.25. The zero-order valence-corrected chi connectivity index (χ0v) is 12.1. The van der Waals surface area contributed by atoms with Crippen molar-refractivity contribution in [3.05, 3.63) is 46.2 Å². The van der Waals surface area contributed by atoms with Gasteiger partial charge in [0.05, 0.1) is 24.4 Å². The Morgan fingerprint density at radius 1 is 1.18 bits per heavy atom. The summed E-state index contributed by atoms with van der Waals surface area (Å²) in [6, 6.07) is 6.98. The maximum Gasteiger partial charge on any atom is 0.297 e. The van der Waals surface area contributed by atoms with Crippen molar-refractivity contribution in [2.24, 2.45) is 0 Å². The molecule has 0 saturated heterocycles. The Morgan fingerprint density at radius 3 is 2.73 bits per heavy atom. The van der Waals surface area contributed by atoms with Crippen molar-refractivity contribution in [3.63, 3.8) is 0 Å². The van der Waals surface area contributed by atoms with Crippen molar-refractivity contribution in [1.82, 2.24) is 15.0 Å². The second-order valence-electron chi connectivity index (χ2n) is 4.49. The van der Waals surface area contributed by atoms with Gasteiger partial charge in [0.15, 0.2) is 5.82 Å². The Bertz CT molecular complexity index is 793. The number of nitrogens with one attached hydrogen (secondary N) is 1. The molecule has 0 unspecified atom stereocenters. The topological polar surface area (TPSA) is 70.9 Å². The first-order valence-corrected chi connectivity index (χ1v) is 7.38. The van der Waals surface area contributed by atoms with E-state index in [-0.39, 0.29) is 6.61 Å².